The average Bonchev–Trinajstić information content (AvgIpc) is 2.65. The molecule has 24 heavy (non-hydrogen) atoms. The number of amides is 1. The first-order valence-corrected chi connectivity index (χ1v) is 7.76. The lowest BCUT2D eigenvalue weighted by atomic mass is 9.96. The van der Waals surface area contributed by atoms with Crippen molar-refractivity contribution in [2.24, 2.45) is 5.92 Å². The highest BCUT2D eigenvalue weighted by Crippen LogP contribution is 2.31. The standard InChI is InChI=1S/C19H18N2O3/c1-23-17-7-6-15-8-16(12-24-18(15)9-17)19(22)21-11-14-4-2-13(10-20)3-5-14/h2-7,9,16H,8,11-12H2,1H3,(H,21,22). The Morgan fingerprint density at radius 3 is 2.83 bits per heavy atom. The Balaban J connectivity index is 1.58. The number of hydrogen-bond acceptors (Lipinski definition) is 4. The third kappa shape index (κ3) is 3.49. The van der Waals surface area contributed by atoms with Crippen LogP contribution in [0.15, 0.2) is 42.5 Å². The van der Waals surface area contributed by atoms with Crippen molar-refractivity contribution in [3.05, 3.63) is 59.2 Å². The largest absolute Gasteiger partial charge is 0.497 e. The average molecular weight is 322 g/mol. The quantitative estimate of drug-likeness (QED) is 0.938. The molecule has 1 amide bonds. The molecular weight excluding hydrogens is 304 g/mol. The molecule has 122 valence electrons. The fourth-order valence-electron chi connectivity index (χ4n) is 2.68. The summed E-state index contributed by atoms with van der Waals surface area (Å²) in [4.78, 5) is 12.4. The number of hydrogen-bond donors (Lipinski definition) is 1. The van der Waals surface area contributed by atoms with Crippen molar-refractivity contribution in [1.82, 2.24) is 5.32 Å². The second kappa shape index (κ2) is 7.05. The maximum atomic E-state index is 12.4. The van der Waals surface area contributed by atoms with Gasteiger partial charge in [-0.1, -0.05) is 18.2 Å². The molecule has 3 rings (SSSR count). The Morgan fingerprint density at radius 1 is 1.33 bits per heavy atom. The Hall–Kier alpha value is -3.00. The number of methoxy groups -OCH3 is 1. The van der Waals surface area contributed by atoms with Gasteiger partial charge in [0, 0.05) is 12.6 Å². The molecule has 0 spiro atoms. The smallest absolute Gasteiger partial charge is 0.227 e. The molecule has 1 aliphatic rings. The number of rotatable bonds is 4. The maximum Gasteiger partial charge on any atom is 0.227 e. The van der Waals surface area contributed by atoms with Gasteiger partial charge in [-0.15, -0.1) is 0 Å². The molecule has 1 unspecified atom stereocenters. The minimum absolute atomic E-state index is 0.0270. The molecule has 2 aromatic rings. The van der Waals surface area contributed by atoms with Crippen molar-refractivity contribution in [3.63, 3.8) is 0 Å². The second-order valence-electron chi connectivity index (χ2n) is 5.71. The summed E-state index contributed by atoms with van der Waals surface area (Å²) in [6, 6.07) is 14.9. The zero-order valence-corrected chi connectivity index (χ0v) is 13.4. The lowest BCUT2D eigenvalue weighted by Crippen LogP contribution is -2.37. The van der Waals surface area contributed by atoms with Gasteiger partial charge in [-0.3, -0.25) is 4.79 Å². The molecule has 0 saturated carbocycles. The fourth-order valence-corrected chi connectivity index (χ4v) is 2.68. The van der Waals surface area contributed by atoms with Crippen molar-refractivity contribution in [2.75, 3.05) is 13.7 Å². The van der Waals surface area contributed by atoms with E-state index in [1.165, 1.54) is 0 Å². The third-order valence-electron chi connectivity index (χ3n) is 4.10. The van der Waals surface area contributed by atoms with E-state index in [1.807, 2.05) is 30.3 Å². The SMILES string of the molecule is COc1ccc2c(c1)OCC(C(=O)NCc1ccc(C#N)cc1)C2. The molecule has 1 aliphatic heterocycles. The Labute approximate surface area is 140 Å². The van der Waals surface area contributed by atoms with Crippen LogP contribution in [0.1, 0.15) is 16.7 Å². The highest BCUT2D eigenvalue weighted by Gasteiger charge is 2.26. The van der Waals surface area contributed by atoms with Crippen LogP contribution in [0.2, 0.25) is 0 Å². The van der Waals surface area contributed by atoms with Crippen molar-refractivity contribution in [2.45, 2.75) is 13.0 Å². The lowest BCUT2D eigenvalue weighted by molar-refractivity contribution is -0.126. The van der Waals surface area contributed by atoms with Gasteiger partial charge in [-0.25, -0.2) is 0 Å². The van der Waals surface area contributed by atoms with Gasteiger partial charge in [0.25, 0.3) is 0 Å². The molecule has 0 fully saturated rings. The van der Waals surface area contributed by atoms with Crippen molar-refractivity contribution < 1.29 is 14.3 Å². The molecule has 1 N–H and O–H groups in total. The number of ether oxygens (including phenoxy) is 2. The van der Waals surface area contributed by atoms with E-state index in [2.05, 4.69) is 11.4 Å². The predicted octanol–water partition coefficient (Wildman–Crippen LogP) is 2.43. The molecule has 5 nitrogen and oxygen atoms in total. The van der Waals surface area contributed by atoms with Crippen LogP contribution in [-0.4, -0.2) is 19.6 Å². The molecule has 1 heterocycles. The minimum Gasteiger partial charge on any atom is -0.497 e. The molecule has 5 heteroatoms. The minimum atomic E-state index is -0.204. The van der Waals surface area contributed by atoms with Gasteiger partial charge < -0.3 is 14.8 Å². The zero-order chi connectivity index (χ0) is 16.9. The van der Waals surface area contributed by atoms with Gasteiger partial charge >= 0.3 is 0 Å². The molecule has 0 radical (unpaired) electrons. The molecule has 2 aromatic carbocycles. The van der Waals surface area contributed by atoms with Gasteiger partial charge in [0.05, 0.1) is 24.7 Å². The van der Waals surface area contributed by atoms with Gasteiger partial charge in [-0.2, -0.15) is 5.26 Å². The summed E-state index contributed by atoms with van der Waals surface area (Å²) in [5, 5.41) is 11.7. The van der Waals surface area contributed by atoms with Crippen LogP contribution >= 0.6 is 0 Å². The Kier molecular flexibility index (Phi) is 4.66. The van der Waals surface area contributed by atoms with E-state index in [-0.39, 0.29) is 11.8 Å². The molecule has 0 bridgehead atoms. The molecule has 1 atom stereocenters. The van der Waals surface area contributed by atoms with Crippen molar-refractivity contribution >= 4 is 5.91 Å². The van der Waals surface area contributed by atoms with Crippen molar-refractivity contribution in [1.29, 1.82) is 5.26 Å². The molecular formula is C19H18N2O3. The lowest BCUT2D eigenvalue weighted by Gasteiger charge is -2.25. The number of nitrogens with zero attached hydrogens (tertiary/aromatic N) is 1. The van der Waals surface area contributed by atoms with E-state index >= 15 is 0 Å². The summed E-state index contributed by atoms with van der Waals surface area (Å²) < 4.78 is 10.9. The van der Waals surface area contributed by atoms with Gasteiger partial charge in [-0.05, 0) is 35.7 Å². The van der Waals surface area contributed by atoms with E-state index in [1.54, 1.807) is 19.2 Å². The highest BCUT2D eigenvalue weighted by atomic mass is 16.5. The number of carbonyl (C=O) groups excluding carboxylic acids is 1. The van der Waals surface area contributed by atoms with E-state index in [4.69, 9.17) is 14.7 Å². The van der Waals surface area contributed by atoms with E-state index in [0.29, 0.717) is 25.1 Å². The second-order valence-corrected chi connectivity index (χ2v) is 5.71. The summed E-state index contributed by atoms with van der Waals surface area (Å²) in [5.41, 5.74) is 2.59. The van der Waals surface area contributed by atoms with Crippen LogP contribution in [0.25, 0.3) is 0 Å². The van der Waals surface area contributed by atoms with Crippen LogP contribution in [0, 0.1) is 17.2 Å². The Bertz CT molecular complexity index is 778. The van der Waals surface area contributed by atoms with Gasteiger partial charge in [0.15, 0.2) is 0 Å². The van der Waals surface area contributed by atoms with E-state index in [9.17, 15) is 4.79 Å². The topological polar surface area (TPSA) is 71.3 Å². The number of fused-ring (bicyclic) bond motifs is 1. The molecule has 0 aliphatic carbocycles. The first kappa shape index (κ1) is 15.9. The molecule has 0 saturated heterocycles. The first-order valence-electron chi connectivity index (χ1n) is 7.76. The van der Waals surface area contributed by atoms with Gasteiger partial charge in [0.1, 0.15) is 18.1 Å². The number of benzene rings is 2. The summed E-state index contributed by atoms with van der Waals surface area (Å²) >= 11 is 0. The van der Waals surface area contributed by atoms with Gasteiger partial charge in [0.2, 0.25) is 5.91 Å². The number of carbonyl (C=O) groups is 1. The normalized spacial score (nSPS) is 15.6. The highest BCUT2D eigenvalue weighted by molar-refractivity contribution is 5.79. The van der Waals surface area contributed by atoms with Crippen LogP contribution in [-0.2, 0) is 17.8 Å². The summed E-state index contributed by atoms with van der Waals surface area (Å²) in [5.74, 6) is 1.30. The van der Waals surface area contributed by atoms with Crippen LogP contribution in [0.3, 0.4) is 0 Å². The van der Waals surface area contributed by atoms with Crippen LogP contribution < -0.4 is 14.8 Å². The van der Waals surface area contributed by atoms with Crippen LogP contribution in [0.4, 0.5) is 0 Å². The van der Waals surface area contributed by atoms with E-state index in [0.717, 1.165) is 22.6 Å². The summed E-state index contributed by atoms with van der Waals surface area (Å²) in [6.07, 6.45) is 0.651. The van der Waals surface area contributed by atoms with E-state index < -0.39 is 0 Å². The summed E-state index contributed by atoms with van der Waals surface area (Å²) in [6.45, 7) is 0.801. The fraction of sp³-hybridized carbons (Fsp3) is 0.263. The summed E-state index contributed by atoms with van der Waals surface area (Å²) in [7, 11) is 1.62. The Morgan fingerprint density at radius 2 is 2.12 bits per heavy atom. The monoisotopic (exact) mass is 322 g/mol. The van der Waals surface area contributed by atoms with Crippen LogP contribution in [0.5, 0.6) is 11.5 Å². The maximum absolute atomic E-state index is 12.4. The molecule has 0 aromatic heterocycles. The zero-order valence-electron chi connectivity index (χ0n) is 13.4. The third-order valence-corrected chi connectivity index (χ3v) is 4.10. The first-order chi connectivity index (χ1) is 11.7. The predicted molar refractivity (Wildman–Crippen MR) is 88.7 cm³/mol. The number of nitriles is 1. The number of nitrogens with one attached hydrogen (secondary N) is 1. The van der Waals surface area contributed by atoms with Crippen molar-refractivity contribution in [3.8, 4) is 17.6 Å².